The van der Waals surface area contributed by atoms with Gasteiger partial charge < -0.3 is 0 Å². The van der Waals surface area contributed by atoms with Crippen LogP contribution in [0.2, 0.25) is 0 Å². The fourth-order valence-corrected chi connectivity index (χ4v) is 8.25. The monoisotopic (exact) mass is 662 g/mol. The molecule has 0 aliphatic rings. The molecule has 0 heterocycles. The second-order valence-corrected chi connectivity index (χ2v) is 17.6. The van der Waals surface area contributed by atoms with Crippen LogP contribution in [0.25, 0.3) is 0 Å². The predicted molar refractivity (Wildman–Crippen MR) is 199 cm³/mol. The maximum Gasteiger partial charge on any atom is 0.476 e. The normalized spacial score (nSPS) is 16.0. The molecule has 260 valence electrons. The lowest BCUT2D eigenvalue weighted by atomic mass is 9.82. The van der Waals surface area contributed by atoms with Gasteiger partial charge in [0.15, 0.2) is 0 Å². The number of phosphoric ester groups is 1. The van der Waals surface area contributed by atoms with E-state index in [0.717, 1.165) is 36.0 Å². The molecule has 47 heavy (non-hydrogen) atoms. The summed E-state index contributed by atoms with van der Waals surface area (Å²) in [6.45, 7) is 26.3. The van der Waals surface area contributed by atoms with Crippen molar-refractivity contribution >= 4 is 7.82 Å². The molecule has 0 N–H and O–H groups in total. The third kappa shape index (κ3) is 10.6. The summed E-state index contributed by atoms with van der Waals surface area (Å²) in [5, 5.41) is 0. The molecule has 0 saturated carbocycles. The zero-order valence-electron chi connectivity index (χ0n) is 31.5. The highest BCUT2D eigenvalue weighted by Gasteiger charge is 2.40. The van der Waals surface area contributed by atoms with E-state index < -0.39 is 26.1 Å². The van der Waals surface area contributed by atoms with Gasteiger partial charge in [-0.1, -0.05) is 175 Å². The van der Waals surface area contributed by atoms with Crippen molar-refractivity contribution in [3.8, 4) is 0 Å². The smallest absolute Gasteiger partial charge is 0.279 e. The van der Waals surface area contributed by atoms with E-state index in [1.807, 2.05) is 18.2 Å². The largest absolute Gasteiger partial charge is 0.476 e. The van der Waals surface area contributed by atoms with E-state index in [4.69, 9.17) is 13.6 Å². The summed E-state index contributed by atoms with van der Waals surface area (Å²) in [6.07, 6.45) is 3.29. The molecule has 0 fully saturated rings. The summed E-state index contributed by atoms with van der Waals surface area (Å²) in [5.74, 6) is 0. The van der Waals surface area contributed by atoms with E-state index in [0.29, 0.717) is 19.3 Å². The van der Waals surface area contributed by atoms with Crippen LogP contribution < -0.4 is 0 Å². The average Bonchev–Trinajstić information content (AvgIpc) is 2.99. The highest BCUT2D eigenvalue weighted by atomic mass is 31.2. The Kier molecular flexibility index (Phi) is 13.7. The van der Waals surface area contributed by atoms with Crippen LogP contribution in [0.15, 0.2) is 72.8 Å². The number of hydrogen-bond donors (Lipinski definition) is 0. The highest BCUT2D eigenvalue weighted by molar-refractivity contribution is 7.48. The van der Waals surface area contributed by atoms with Crippen molar-refractivity contribution in [1.29, 1.82) is 0 Å². The topological polar surface area (TPSA) is 44.8 Å². The number of phosphoric acid groups is 1. The summed E-state index contributed by atoms with van der Waals surface area (Å²) in [6, 6.07) is 25.2. The number of rotatable bonds is 15. The Morgan fingerprint density at radius 1 is 0.468 bits per heavy atom. The Hall–Kier alpha value is -2.23. The van der Waals surface area contributed by atoms with Gasteiger partial charge in [-0.15, -0.1) is 0 Å². The zero-order valence-corrected chi connectivity index (χ0v) is 32.4. The maximum atomic E-state index is 15.6. The van der Waals surface area contributed by atoms with Gasteiger partial charge in [-0.25, -0.2) is 4.57 Å². The van der Waals surface area contributed by atoms with Crippen LogP contribution in [0.3, 0.4) is 0 Å². The Balaban J connectivity index is 2.24. The van der Waals surface area contributed by atoms with Crippen LogP contribution in [-0.2, 0) is 34.4 Å². The molecule has 3 atom stereocenters. The molecule has 3 aromatic rings. The lowest BCUT2D eigenvalue weighted by molar-refractivity contribution is 0.0213. The second kappa shape index (κ2) is 16.4. The van der Waals surface area contributed by atoms with Crippen molar-refractivity contribution < 1.29 is 18.1 Å². The third-order valence-corrected chi connectivity index (χ3v) is 10.3. The molecule has 4 nitrogen and oxygen atoms in total. The summed E-state index contributed by atoms with van der Waals surface area (Å²) in [7, 11) is -4.19. The van der Waals surface area contributed by atoms with Gasteiger partial charge >= 0.3 is 7.82 Å². The van der Waals surface area contributed by atoms with Gasteiger partial charge in [0.05, 0.1) is 18.3 Å². The molecular weight excluding hydrogens is 599 g/mol. The first-order valence-corrected chi connectivity index (χ1v) is 19.3. The molecule has 3 rings (SSSR count). The Morgan fingerprint density at radius 3 is 0.915 bits per heavy atom. The summed E-state index contributed by atoms with van der Waals surface area (Å²) in [4.78, 5) is 0. The first kappa shape index (κ1) is 39.2. The van der Waals surface area contributed by atoms with Crippen molar-refractivity contribution in [2.75, 3.05) is 0 Å². The van der Waals surface area contributed by atoms with Gasteiger partial charge in [0.25, 0.3) is 0 Å². The van der Waals surface area contributed by atoms with Crippen molar-refractivity contribution in [3.63, 3.8) is 0 Å². The van der Waals surface area contributed by atoms with Crippen LogP contribution >= 0.6 is 7.82 Å². The van der Waals surface area contributed by atoms with E-state index in [1.165, 1.54) is 16.7 Å². The highest BCUT2D eigenvalue weighted by Crippen LogP contribution is 2.61. The van der Waals surface area contributed by atoms with Gasteiger partial charge in [0.2, 0.25) is 0 Å². The molecule has 3 unspecified atom stereocenters. The fourth-order valence-electron chi connectivity index (χ4n) is 6.51. The van der Waals surface area contributed by atoms with E-state index in [9.17, 15) is 0 Å². The number of hydrogen-bond acceptors (Lipinski definition) is 4. The molecular formula is C42H63O4P. The minimum absolute atomic E-state index is 0.121. The van der Waals surface area contributed by atoms with Gasteiger partial charge in [-0.05, 0) is 68.9 Å². The van der Waals surface area contributed by atoms with Crippen molar-refractivity contribution in [2.24, 2.45) is 0 Å². The second-order valence-electron chi connectivity index (χ2n) is 16.1. The molecule has 0 bridgehead atoms. The van der Waals surface area contributed by atoms with Gasteiger partial charge in [-0.3, -0.25) is 13.6 Å². The zero-order chi connectivity index (χ0) is 35.0. The van der Waals surface area contributed by atoms with E-state index in [2.05, 4.69) is 138 Å². The van der Waals surface area contributed by atoms with Crippen molar-refractivity contribution in [2.45, 2.75) is 156 Å². The van der Waals surface area contributed by atoms with Crippen molar-refractivity contribution in [3.05, 3.63) is 106 Å². The standard InChI is InChI=1S/C42H63O4P/c1-13-22-37(31-25-16-19-28-34(31)40(4,5)6)44-47(43,45-38(23-14-2)32-26-17-20-29-35(32)41(7,8)9)46-39(24-15-3)33-27-18-21-30-36(33)42(10,11)12/h16-21,25-30,37-39H,13-15,22-24H2,1-12H3. The molecule has 0 aliphatic heterocycles. The fraction of sp³-hybridized carbons (Fsp3) is 0.571. The lowest BCUT2D eigenvalue weighted by Gasteiger charge is -2.35. The lowest BCUT2D eigenvalue weighted by Crippen LogP contribution is -2.21. The predicted octanol–water partition coefficient (Wildman–Crippen LogP) is 13.7. The SMILES string of the molecule is CCCC(OP(=O)(OC(CCC)c1ccccc1C(C)(C)C)OC(CCC)c1ccccc1C(C)(C)C)c1ccccc1C(C)(C)C. The van der Waals surface area contributed by atoms with E-state index in [1.54, 1.807) is 0 Å². The Bertz CT molecular complexity index is 1280. The van der Waals surface area contributed by atoms with Crippen LogP contribution in [0.1, 0.15) is 173 Å². The maximum absolute atomic E-state index is 15.6. The Morgan fingerprint density at radius 2 is 0.702 bits per heavy atom. The average molecular weight is 663 g/mol. The summed E-state index contributed by atoms with van der Waals surface area (Å²) < 4.78 is 36.2. The van der Waals surface area contributed by atoms with E-state index >= 15 is 4.57 Å². The van der Waals surface area contributed by atoms with Gasteiger partial charge in [0, 0.05) is 0 Å². The van der Waals surface area contributed by atoms with Crippen LogP contribution in [0, 0.1) is 0 Å². The van der Waals surface area contributed by atoms with Crippen LogP contribution in [0.4, 0.5) is 0 Å². The molecule has 3 aromatic carbocycles. The molecule has 0 spiro atoms. The molecule has 0 amide bonds. The van der Waals surface area contributed by atoms with Crippen molar-refractivity contribution in [1.82, 2.24) is 0 Å². The van der Waals surface area contributed by atoms with Crippen LogP contribution in [0.5, 0.6) is 0 Å². The molecule has 0 saturated heterocycles. The van der Waals surface area contributed by atoms with Gasteiger partial charge in [0.1, 0.15) is 0 Å². The first-order chi connectivity index (χ1) is 21.9. The Labute approximate surface area is 287 Å². The molecule has 0 aromatic heterocycles. The molecule has 5 heteroatoms. The number of benzene rings is 3. The first-order valence-electron chi connectivity index (χ1n) is 17.9. The van der Waals surface area contributed by atoms with Gasteiger partial charge in [-0.2, -0.15) is 0 Å². The summed E-state index contributed by atoms with van der Waals surface area (Å²) in [5.41, 5.74) is 6.29. The van der Waals surface area contributed by atoms with E-state index in [-0.39, 0.29) is 16.2 Å². The molecule has 0 radical (unpaired) electrons. The summed E-state index contributed by atoms with van der Waals surface area (Å²) >= 11 is 0. The van der Waals surface area contributed by atoms with Crippen LogP contribution in [-0.4, -0.2) is 0 Å². The molecule has 0 aliphatic carbocycles. The minimum atomic E-state index is -4.19. The quantitative estimate of drug-likeness (QED) is 0.152. The third-order valence-electron chi connectivity index (χ3n) is 8.77. The minimum Gasteiger partial charge on any atom is -0.279 e.